The topological polar surface area (TPSA) is 104 Å². The van der Waals surface area contributed by atoms with Gasteiger partial charge in [-0.3, -0.25) is 4.79 Å². The number of rotatable bonds is 7. The highest BCUT2D eigenvalue weighted by Crippen LogP contribution is 2.30. The molecule has 0 aliphatic heterocycles. The molecule has 0 spiro atoms. The molecule has 3 N–H and O–H groups in total. The Bertz CT molecular complexity index is 779. The average Bonchev–Trinajstić information content (AvgIpc) is 3.22. The van der Waals surface area contributed by atoms with E-state index >= 15 is 0 Å². The SMILES string of the molecule is O=C(CSc1nnc(NC2CC2)s1)Nc1cc(F)ccc1C(=O)O. The second kappa shape index (κ2) is 7.14. The molecule has 1 aliphatic carbocycles. The first-order valence-electron chi connectivity index (χ1n) is 7.07. The molecule has 0 atom stereocenters. The predicted octanol–water partition coefficient (Wildman–Crippen LogP) is 2.68. The van der Waals surface area contributed by atoms with E-state index in [4.69, 9.17) is 5.11 Å². The van der Waals surface area contributed by atoms with E-state index in [9.17, 15) is 14.0 Å². The van der Waals surface area contributed by atoms with Crippen molar-refractivity contribution >= 4 is 45.8 Å². The summed E-state index contributed by atoms with van der Waals surface area (Å²) in [5, 5.41) is 23.4. The Balaban J connectivity index is 1.56. The van der Waals surface area contributed by atoms with Crippen LogP contribution in [-0.2, 0) is 4.79 Å². The molecule has 1 fully saturated rings. The van der Waals surface area contributed by atoms with Gasteiger partial charge in [-0.15, -0.1) is 10.2 Å². The molecule has 126 valence electrons. The van der Waals surface area contributed by atoms with Gasteiger partial charge in [0.1, 0.15) is 5.82 Å². The Morgan fingerprint density at radius 2 is 2.17 bits per heavy atom. The molecule has 24 heavy (non-hydrogen) atoms. The molecule has 0 saturated heterocycles. The van der Waals surface area contributed by atoms with Crippen LogP contribution in [-0.4, -0.2) is 39.0 Å². The summed E-state index contributed by atoms with van der Waals surface area (Å²) >= 11 is 2.54. The number of nitrogens with zero attached hydrogens (tertiary/aromatic N) is 2. The zero-order valence-electron chi connectivity index (χ0n) is 12.3. The molecular formula is C14H13FN4O3S2. The maximum absolute atomic E-state index is 13.3. The van der Waals surface area contributed by atoms with Gasteiger partial charge in [-0.2, -0.15) is 0 Å². The fourth-order valence-electron chi connectivity index (χ4n) is 1.85. The lowest BCUT2D eigenvalue weighted by atomic mass is 10.1. The molecule has 1 heterocycles. The van der Waals surface area contributed by atoms with Crippen LogP contribution >= 0.6 is 23.1 Å². The van der Waals surface area contributed by atoms with Crippen LogP contribution in [0, 0.1) is 5.82 Å². The van der Waals surface area contributed by atoms with Crippen molar-refractivity contribution in [2.45, 2.75) is 23.2 Å². The summed E-state index contributed by atoms with van der Waals surface area (Å²) in [6, 6.07) is 3.60. The number of anilines is 2. The molecule has 1 aromatic heterocycles. The van der Waals surface area contributed by atoms with Crippen molar-refractivity contribution in [3.05, 3.63) is 29.6 Å². The summed E-state index contributed by atoms with van der Waals surface area (Å²) in [6.07, 6.45) is 2.26. The van der Waals surface area contributed by atoms with Gasteiger partial charge in [0.25, 0.3) is 0 Å². The van der Waals surface area contributed by atoms with Crippen molar-refractivity contribution in [1.29, 1.82) is 0 Å². The first-order valence-corrected chi connectivity index (χ1v) is 8.87. The Labute approximate surface area is 144 Å². The molecule has 0 unspecified atom stereocenters. The van der Waals surface area contributed by atoms with Gasteiger partial charge in [0.05, 0.1) is 17.0 Å². The van der Waals surface area contributed by atoms with E-state index in [1.807, 2.05) is 0 Å². The normalized spacial score (nSPS) is 13.5. The molecule has 2 aromatic rings. The number of carboxylic acids is 1. The van der Waals surface area contributed by atoms with Gasteiger partial charge in [0.2, 0.25) is 11.0 Å². The van der Waals surface area contributed by atoms with Crippen LogP contribution in [0.1, 0.15) is 23.2 Å². The third kappa shape index (κ3) is 4.42. The molecule has 3 rings (SSSR count). The van der Waals surface area contributed by atoms with Crippen LogP contribution < -0.4 is 10.6 Å². The molecule has 0 radical (unpaired) electrons. The van der Waals surface area contributed by atoms with Crippen LogP contribution in [0.5, 0.6) is 0 Å². The summed E-state index contributed by atoms with van der Waals surface area (Å²) in [5.74, 6) is -2.28. The minimum absolute atomic E-state index is 0.0215. The zero-order valence-corrected chi connectivity index (χ0v) is 13.9. The summed E-state index contributed by atoms with van der Waals surface area (Å²) in [4.78, 5) is 23.0. The predicted molar refractivity (Wildman–Crippen MR) is 89.3 cm³/mol. The summed E-state index contributed by atoms with van der Waals surface area (Å²) in [7, 11) is 0. The largest absolute Gasteiger partial charge is 0.478 e. The number of nitrogens with one attached hydrogen (secondary N) is 2. The Morgan fingerprint density at radius 3 is 2.88 bits per heavy atom. The van der Waals surface area contributed by atoms with Crippen molar-refractivity contribution in [2.75, 3.05) is 16.4 Å². The molecule has 1 aromatic carbocycles. The minimum Gasteiger partial charge on any atom is -0.478 e. The van der Waals surface area contributed by atoms with Crippen molar-refractivity contribution in [1.82, 2.24) is 10.2 Å². The van der Waals surface area contributed by atoms with Crippen LogP contribution in [0.2, 0.25) is 0 Å². The van der Waals surface area contributed by atoms with Crippen LogP contribution in [0.3, 0.4) is 0 Å². The fourth-order valence-corrected chi connectivity index (χ4v) is 3.48. The van der Waals surface area contributed by atoms with E-state index in [-0.39, 0.29) is 17.0 Å². The molecule has 1 aliphatic rings. The van der Waals surface area contributed by atoms with Crippen molar-refractivity contribution in [3.8, 4) is 0 Å². The number of thioether (sulfide) groups is 1. The Hall–Kier alpha value is -2.20. The average molecular weight is 368 g/mol. The molecule has 1 saturated carbocycles. The van der Waals surface area contributed by atoms with Crippen molar-refractivity contribution in [3.63, 3.8) is 0 Å². The Morgan fingerprint density at radius 1 is 1.38 bits per heavy atom. The van der Waals surface area contributed by atoms with Gasteiger partial charge in [-0.25, -0.2) is 9.18 Å². The van der Waals surface area contributed by atoms with Gasteiger partial charge in [-0.05, 0) is 31.0 Å². The van der Waals surface area contributed by atoms with Gasteiger partial charge in [-0.1, -0.05) is 23.1 Å². The van der Waals surface area contributed by atoms with Gasteiger partial charge < -0.3 is 15.7 Å². The number of halogens is 1. The highest BCUT2D eigenvalue weighted by Gasteiger charge is 2.22. The summed E-state index contributed by atoms with van der Waals surface area (Å²) in [6.45, 7) is 0. The van der Waals surface area contributed by atoms with Gasteiger partial charge in [0.15, 0.2) is 4.34 Å². The molecule has 7 nitrogen and oxygen atoms in total. The molecular weight excluding hydrogens is 355 g/mol. The Kier molecular flexibility index (Phi) is 4.95. The highest BCUT2D eigenvalue weighted by atomic mass is 32.2. The summed E-state index contributed by atoms with van der Waals surface area (Å²) < 4.78 is 13.9. The first kappa shape index (κ1) is 16.7. The number of amides is 1. The van der Waals surface area contributed by atoms with Gasteiger partial charge >= 0.3 is 5.97 Å². The third-order valence-electron chi connectivity index (χ3n) is 3.12. The number of benzene rings is 1. The van der Waals surface area contributed by atoms with Crippen LogP contribution in [0.4, 0.5) is 15.2 Å². The number of hydrogen-bond donors (Lipinski definition) is 3. The van der Waals surface area contributed by atoms with E-state index in [2.05, 4.69) is 20.8 Å². The number of aromatic nitrogens is 2. The van der Waals surface area contributed by atoms with Crippen LogP contribution in [0.15, 0.2) is 22.5 Å². The van der Waals surface area contributed by atoms with E-state index in [0.717, 1.165) is 36.2 Å². The smallest absolute Gasteiger partial charge is 0.337 e. The maximum atomic E-state index is 13.3. The molecule has 1 amide bonds. The highest BCUT2D eigenvalue weighted by molar-refractivity contribution is 8.01. The lowest BCUT2D eigenvalue weighted by Crippen LogP contribution is -2.16. The second-order valence-corrected chi connectivity index (χ2v) is 7.32. The van der Waals surface area contributed by atoms with Crippen molar-refractivity contribution in [2.24, 2.45) is 0 Å². The zero-order chi connectivity index (χ0) is 17.1. The lowest BCUT2D eigenvalue weighted by Gasteiger charge is -2.07. The molecule has 10 heteroatoms. The lowest BCUT2D eigenvalue weighted by molar-refractivity contribution is -0.113. The fraction of sp³-hybridized carbons (Fsp3) is 0.286. The van der Waals surface area contributed by atoms with E-state index < -0.39 is 17.7 Å². The number of carbonyl (C=O) groups is 2. The first-order chi connectivity index (χ1) is 11.5. The number of aromatic carboxylic acids is 1. The van der Waals surface area contributed by atoms with E-state index in [1.54, 1.807) is 0 Å². The summed E-state index contributed by atoms with van der Waals surface area (Å²) in [5.41, 5.74) is -0.233. The van der Waals surface area contributed by atoms with Crippen molar-refractivity contribution < 1.29 is 19.1 Å². The number of carbonyl (C=O) groups excluding carboxylic acids is 1. The number of hydrogen-bond acceptors (Lipinski definition) is 7. The standard InChI is InChI=1S/C14H13FN4O3S2/c15-7-1-4-9(12(21)22)10(5-7)17-11(20)6-23-14-19-18-13(24-14)16-8-2-3-8/h1,4-5,8H,2-3,6H2,(H,16,18)(H,17,20)(H,21,22). The molecule has 0 bridgehead atoms. The maximum Gasteiger partial charge on any atom is 0.337 e. The second-order valence-electron chi connectivity index (χ2n) is 5.12. The van der Waals surface area contributed by atoms with E-state index in [0.29, 0.717) is 10.4 Å². The quantitative estimate of drug-likeness (QED) is 0.645. The number of carboxylic acid groups (broad SMARTS) is 1. The monoisotopic (exact) mass is 368 g/mol. The minimum atomic E-state index is -1.24. The van der Waals surface area contributed by atoms with E-state index in [1.165, 1.54) is 23.1 Å². The third-order valence-corrected chi connectivity index (χ3v) is 5.11. The van der Waals surface area contributed by atoms with Crippen LogP contribution in [0.25, 0.3) is 0 Å². The van der Waals surface area contributed by atoms with Gasteiger partial charge in [0, 0.05) is 6.04 Å².